The summed E-state index contributed by atoms with van der Waals surface area (Å²) in [6.45, 7) is 3.42. The van der Waals surface area contributed by atoms with Crippen LogP contribution >= 0.6 is 0 Å². The number of aliphatic hydroxyl groups excluding tert-OH is 1. The lowest BCUT2D eigenvalue weighted by molar-refractivity contribution is -0.140. The summed E-state index contributed by atoms with van der Waals surface area (Å²) in [5.41, 5.74) is -1.11. The molecule has 0 aliphatic rings. The van der Waals surface area contributed by atoms with E-state index < -0.39 is 50.0 Å². The fraction of sp³-hybridized carbons (Fsp3) is 0.379. The van der Waals surface area contributed by atoms with Gasteiger partial charge >= 0.3 is 6.18 Å². The summed E-state index contributed by atoms with van der Waals surface area (Å²) >= 11 is 0. The maximum atomic E-state index is 14.8. The van der Waals surface area contributed by atoms with Crippen molar-refractivity contribution in [2.45, 2.75) is 49.9 Å². The molecule has 224 valence electrons. The lowest BCUT2D eigenvalue weighted by atomic mass is 10.00. The number of nitrogens with zero attached hydrogens (tertiary/aromatic N) is 1. The van der Waals surface area contributed by atoms with E-state index in [1.807, 2.05) is 6.92 Å². The minimum Gasteiger partial charge on any atom is -0.493 e. The lowest BCUT2D eigenvalue weighted by Gasteiger charge is -2.27. The van der Waals surface area contributed by atoms with Gasteiger partial charge in [-0.1, -0.05) is 31.2 Å². The molecule has 41 heavy (non-hydrogen) atoms. The largest absolute Gasteiger partial charge is 0.493 e. The predicted octanol–water partition coefficient (Wildman–Crippen LogP) is 6.65. The summed E-state index contributed by atoms with van der Waals surface area (Å²) in [7, 11) is -3.89. The van der Waals surface area contributed by atoms with Gasteiger partial charge in [-0.05, 0) is 49.1 Å². The second-order valence-electron chi connectivity index (χ2n) is 9.93. The van der Waals surface area contributed by atoms with E-state index in [0.717, 1.165) is 30.0 Å². The fourth-order valence-electron chi connectivity index (χ4n) is 4.52. The molecule has 0 amide bonds. The van der Waals surface area contributed by atoms with E-state index in [4.69, 9.17) is 4.74 Å². The highest BCUT2D eigenvalue weighted by atomic mass is 32.2. The average molecular weight is 604 g/mol. The second kappa shape index (κ2) is 13.3. The summed E-state index contributed by atoms with van der Waals surface area (Å²) in [6.07, 6.45) is -5.08. The van der Waals surface area contributed by atoms with Crippen molar-refractivity contribution in [3.05, 3.63) is 94.3 Å². The van der Waals surface area contributed by atoms with E-state index in [2.05, 4.69) is 0 Å². The Morgan fingerprint density at radius 1 is 1.00 bits per heavy atom. The van der Waals surface area contributed by atoms with Gasteiger partial charge in [0.15, 0.2) is 9.84 Å². The van der Waals surface area contributed by atoms with Gasteiger partial charge in [0.05, 0.1) is 23.2 Å². The quantitative estimate of drug-likeness (QED) is 0.185. The third kappa shape index (κ3) is 8.70. The molecule has 3 rings (SSSR count). The van der Waals surface area contributed by atoms with Crippen LogP contribution in [0, 0.1) is 17.5 Å². The van der Waals surface area contributed by atoms with Crippen molar-refractivity contribution >= 4 is 9.84 Å². The maximum Gasteiger partial charge on any atom is 0.419 e. The predicted molar refractivity (Wildman–Crippen MR) is 142 cm³/mol. The minimum absolute atomic E-state index is 0.0246. The zero-order valence-electron chi connectivity index (χ0n) is 22.7. The van der Waals surface area contributed by atoms with Gasteiger partial charge in [0, 0.05) is 43.1 Å². The van der Waals surface area contributed by atoms with Crippen LogP contribution in [-0.4, -0.2) is 44.4 Å². The van der Waals surface area contributed by atoms with E-state index in [1.165, 1.54) is 25.1 Å². The summed E-state index contributed by atoms with van der Waals surface area (Å²) < 4.78 is 112. The molecule has 5 nitrogen and oxygen atoms in total. The van der Waals surface area contributed by atoms with Crippen molar-refractivity contribution in [1.29, 1.82) is 0 Å². The van der Waals surface area contributed by atoms with E-state index in [1.54, 1.807) is 17.0 Å². The molecule has 1 N–H and O–H groups in total. The van der Waals surface area contributed by atoms with Crippen molar-refractivity contribution in [2.24, 2.45) is 0 Å². The van der Waals surface area contributed by atoms with Gasteiger partial charge in [-0.25, -0.2) is 21.6 Å². The van der Waals surface area contributed by atoms with Gasteiger partial charge in [-0.2, -0.15) is 13.2 Å². The van der Waals surface area contributed by atoms with E-state index >= 15 is 0 Å². The van der Waals surface area contributed by atoms with Crippen LogP contribution < -0.4 is 4.74 Å². The Morgan fingerprint density at radius 3 is 2.24 bits per heavy atom. The first-order valence-corrected chi connectivity index (χ1v) is 14.6. The molecule has 12 heteroatoms. The number of hydrogen-bond acceptors (Lipinski definition) is 5. The van der Waals surface area contributed by atoms with Gasteiger partial charge in [0.2, 0.25) is 0 Å². The number of ether oxygens (including phenoxy) is 1. The molecule has 0 radical (unpaired) electrons. The highest BCUT2D eigenvalue weighted by molar-refractivity contribution is 7.90. The summed E-state index contributed by atoms with van der Waals surface area (Å²) in [4.78, 5) is 1.33. The highest BCUT2D eigenvalue weighted by Gasteiger charge is 2.35. The van der Waals surface area contributed by atoms with Crippen LogP contribution in [0.3, 0.4) is 0 Å². The van der Waals surface area contributed by atoms with Crippen LogP contribution in [-0.2, 0) is 22.6 Å². The summed E-state index contributed by atoms with van der Waals surface area (Å²) in [5, 5.41) is 9.83. The van der Waals surface area contributed by atoms with Crippen molar-refractivity contribution < 1.29 is 44.6 Å². The fourth-order valence-corrected chi connectivity index (χ4v) is 5.52. The third-order valence-electron chi connectivity index (χ3n) is 6.52. The van der Waals surface area contributed by atoms with Crippen LogP contribution in [0.2, 0.25) is 0 Å². The number of alkyl halides is 3. The molecule has 0 saturated heterocycles. The molecule has 3 aromatic carbocycles. The van der Waals surface area contributed by atoms with Gasteiger partial charge < -0.3 is 9.84 Å². The van der Waals surface area contributed by atoms with E-state index in [0.29, 0.717) is 6.07 Å². The van der Waals surface area contributed by atoms with Crippen LogP contribution in [0.1, 0.15) is 54.5 Å². The molecule has 0 aromatic heterocycles. The Balaban J connectivity index is 1.78. The Hall–Kier alpha value is -3.09. The zero-order chi connectivity index (χ0) is 30.5. The first-order chi connectivity index (χ1) is 19.1. The van der Waals surface area contributed by atoms with Crippen molar-refractivity contribution in [2.75, 3.05) is 26.0 Å². The number of aliphatic hydroxyl groups is 1. The maximum absolute atomic E-state index is 14.8. The molecule has 0 saturated carbocycles. The number of benzene rings is 3. The van der Waals surface area contributed by atoms with Gasteiger partial charge in [-0.15, -0.1) is 0 Å². The van der Waals surface area contributed by atoms with Gasteiger partial charge in [0.25, 0.3) is 0 Å². The summed E-state index contributed by atoms with van der Waals surface area (Å²) in [5.74, 6) is -3.00. The zero-order valence-corrected chi connectivity index (χ0v) is 23.5. The van der Waals surface area contributed by atoms with Crippen molar-refractivity contribution in [1.82, 2.24) is 4.90 Å². The molecule has 0 fully saturated rings. The molecule has 0 spiro atoms. The first kappa shape index (κ1) is 32.4. The number of hydrogen-bond donors (Lipinski definition) is 1. The molecular weight excluding hydrogens is 572 g/mol. The Morgan fingerprint density at radius 2 is 1.66 bits per heavy atom. The molecule has 3 aromatic rings. The molecule has 2 atom stereocenters. The van der Waals surface area contributed by atoms with E-state index in [9.17, 15) is 39.9 Å². The molecular formula is C29H31F6NO4S. The topological polar surface area (TPSA) is 66.8 Å². The van der Waals surface area contributed by atoms with E-state index in [-0.39, 0.29) is 55.5 Å². The molecule has 0 heterocycles. The van der Waals surface area contributed by atoms with Crippen molar-refractivity contribution in [3.8, 4) is 5.75 Å². The average Bonchev–Trinajstić information content (AvgIpc) is 2.86. The molecule has 0 aliphatic heterocycles. The third-order valence-corrected chi connectivity index (χ3v) is 7.66. The molecule has 0 bridgehead atoms. The smallest absolute Gasteiger partial charge is 0.419 e. The Labute approximate surface area is 235 Å². The van der Waals surface area contributed by atoms with Crippen LogP contribution in [0.25, 0.3) is 0 Å². The standard InChI is InChI=1S/C29H31F6NO4S/c1-18(20-8-10-22(30)11-9-20)16-36(17-21-6-4-7-24(28(21)32)29(33,34)35)12-5-13-40-23-14-25(31)27(19(2)37)26(15-23)41(3,38)39/h4,6-11,14-15,18-19,37H,5,12-13,16-17H2,1-3H3. The highest BCUT2D eigenvalue weighted by Crippen LogP contribution is 2.33. The van der Waals surface area contributed by atoms with Crippen LogP contribution in [0.5, 0.6) is 5.75 Å². The first-order valence-electron chi connectivity index (χ1n) is 12.7. The van der Waals surface area contributed by atoms with Crippen LogP contribution in [0.15, 0.2) is 59.5 Å². The lowest BCUT2D eigenvalue weighted by Crippen LogP contribution is -2.30. The normalized spacial score (nSPS) is 13.8. The van der Waals surface area contributed by atoms with Gasteiger partial charge in [0.1, 0.15) is 23.2 Å². The number of rotatable bonds is 12. The SMILES string of the molecule is CC(O)c1c(F)cc(OCCCN(Cc2cccc(C(F)(F)F)c2F)CC(C)c2ccc(F)cc2)cc1S(C)(=O)=O. The minimum atomic E-state index is -4.86. The monoisotopic (exact) mass is 603 g/mol. The molecule has 2 unspecified atom stereocenters. The second-order valence-corrected chi connectivity index (χ2v) is 11.9. The number of sulfone groups is 1. The number of halogens is 6. The summed E-state index contributed by atoms with van der Waals surface area (Å²) in [6, 6.07) is 10.9. The Bertz CT molecular complexity index is 1440. The van der Waals surface area contributed by atoms with Crippen LogP contribution in [0.4, 0.5) is 26.3 Å². The van der Waals surface area contributed by atoms with Gasteiger partial charge in [-0.3, -0.25) is 4.90 Å². The van der Waals surface area contributed by atoms with Crippen molar-refractivity contribution in [3.63, 3.8) is 0 Å². The Kier molecular flexibility index (Phi) is 10.5. The molecule has 0 aliphatic carbocycles.